The van der Waals surface area contributed by atoms with Gasteiger partial charge in [0.2, 0.25) is 0 Å². The van der Waals surface area contributed by atoms with E-state index in [-0.39, 0.29) is 24.1 Å². The maximum Gasteiger partial charge on any atom is 0.323 e. The number of nitrogens with zero attached hydrogens (tertiary/aromatic N) is 2. The van der Waals surface area contributed by atoms with E-state index in [4.69, 9.17) is 24.7 Å². The normalized spacial score (nSPS) is 17.5. The summed E-state index contributed by atoms with van der Waals surface area (Å²) in [6.45, 7) is 2.29. The summed E-state index contributed by atoms with van der Waals surface area (Å²) in [6, 6.07) is 21.2. The first kappa shape index (κ1) is 31.3. The number of pyridine rings is 1. The zero-order valence-corrected chi connectivity index (χ0v) is 26.0. The number of hydrogen-bond acceptors (Lipinski definition) is 9. The second-order valence-electron chi connectivity index (χ2n) is 11.8. The number of methoxy groups -OCH3 is 1. The van der Waals surface area contributed by atoms with Gasteiger partial charge in [-0.3, -0.25) is 19.5 Å². The minimum atomic E-state index is -0.609. The molecule has 0 bridgehead atoms. The van der Waals surface area contributed by atoms with Crippen molar-refractivity contribution in [2.24, 2.45) is 5.73 Å². The number of ether oxygens (including phenoxy) is 4. The quantitative estimate of drug-likeness (QED) is 0.184. The van der Waals surface area contributed by atoms with Gasteiger partial charge in [-0.25, -0.2) is 0 Å². The molecule has 1 saturated heterocycles. The Bertz CT molecular complexity index is 1640. The molecule has 6 rings (SSSR count). The largest absolute Gasteiger partial charge is 0.493 e. The summed E-state index contributed by atoms with van der Waals surface area (Å²) < 4.78 is 23.9. The van der Waals surface area contributed by atoms with Crippen LogP contribution in [0.3, 0.4) is 0 Å². The monoisotopic (exact) mass is 624 g/mol. The lowest BCUT2D eigenvalue weighted by Crippen LogP contribution is -2.38. The molecule has 4 aromatic rings. The molecule has 3 N–H and O–H groups in total. The van der Waals surface area contributed by atoms with Gasteiger partial charge in [0, 0.05) is 48.5 Å². The van der Waals surface area contributed by atoms with E-state index < -0.39 is 6.04 Å². The summed E-state index contributed by atoms with van der Waals surface area (Å²) in [5.74, 6) is 1.96. The molecule has 46 heavy (non-hydrogen) atoms. The van der Waals surface area contributed by atoms with Crippen molar-refractivity contribution in [2.45, 2.75) is 56.8 Å². The molecule has 2 atom stereocenters. The highest BCUT2D eigenvalue weighted by Gasteiger charge is 2.28. The zero-order valence-electron chi connectivity index (χ0n) is 26.0. The van der Waals surface area contributed by atoms with Gasteiger partial charge in [-0.05, 0) is 87.1 Å². The lowest BCUT2D eigenvalue weighted by Gasteiger charge is -2.20. The Morgan fingerprint density at radius 2 is 1.74 bits per heavy atom. The maximum atomic E-state index is 12.5. The third kappa shape index (κ3) is 7.75. The topological polar surface area (TPSA) is 125 Å². The molecule has 1 saturated carbocycles. The van der Waals surface area contributed by atoms with Gasteiger partial charge >= 0.3 is 5.97 Å². The van der Waals surface area contributed by atoms with Crippen LogP contribution in [0.5, 0.6) is 23.0 Å². The molecular formula is C36H40N4O6. The number of carbonyl (C=O) groups excluding carboxylic acids is 2. The van der Waals surface area contributed by atoms with Crippen molar-refractivity contribution in [3.05, 3.63) is 84.6 Å². The van der Waals surface area contributed by atoms with Crippen molar-refractivity contribution in [2.75, 3.05) is 32.1 Å². The van der Waals surface area contributed by atoms with Crippen molar-refractivity contribution < 1.29 is 28.5 Å². The van der Waals surface area contributed by atoms with E-state index in [1.54, 1.807) is 55.8 Å². The van der Waals surface area contributed by atoms with Crippen molar-refractivity contribution in [1.29, 1.82) is 0 Å². The van der Waals surface area contributed by atoms with Crippen LogP contribution in [-0.4, -0.2) is 66.8 Å². The second kappa shape index (κ2) is 14.6. The van der Waals surface area contributed by atoms with Crippen LogP contribution < -0.4 is 25.3 Å². The van der Waals surface area contributed by atoms with Crippen LogP contribution in [-0.2, 0) is 9.53 Å². The Labute approximate surface area is 268 Å². The summed E-state index contributed by atoms with van der Waals surface area (Å²) in [5.41, 5.74) is 8.11. The van der Waals surface area contributed by atoms with Crippen molar-refractivity contribution in [3.8, 4) is 23.0 Å². The number of fused-ring (bicyclic) bond motifs is 1. The number of esters is 1. The molecule has 240 valence electrons. The SMILES string of the molecule is COc1cc2c(Oc3ccc(NC(=O)c4ccccc4)cc3)ccnc2cc1O[C@H]1CCN(CCC(N)C(=O)OC2CCCC2)C1. The number of aromatic nitrogens is 1. The summed E-state index contributed by atoms with van der Waals surface area (Å²) in [4.78, 5) is 31.7. The van der Waals surface area contributed by atoms with Crippen LogP contribution in [0.15, 0.2) is 79.0 Å². The van der Waals surface area contributed by atoms with E-state index in [1.165, 1.54) is 0 Å². The van der Waals surface area contributed by atoms with Gasteiger partial charge < -0.3 is 30.0 Å². The Balaban J connectivity index is 1.05. The standard InChI is InChI=1S/C36H40N4O6/c1-43-33-21-29-31(22-34(33)45-28-16-19-40(23-28)20-17-30(37)36(42)46-26-9-5-6-10-26)38-18-15-32(29)44-27-13-11-25(12-14-27)39-35(41)24-7-3-2-4-8-24/h2-4,7-8,11-15,18,21-22,26,28,30H,5-6,9-10,16-17,19-20,23,37H2,1H3,(H,39,41)/t28-,30?/m0/s1. The predicted octanol–water partition coefficient (Wildman–Crippen LogP) is 5.94. The molecule has 1 amide bonds. The van der Waals surface area contributed by atoms with Crippen molar-refractivity contribution in [3.63, 3.8) is 0 Å². The number of hydrogen-bond donors (Lipinski definition) is 2. The minimum Gasteiger partial charge on any atom is -0.493 e. The van der Waals surface area contributed by atoms with Gasteiger partial charge in [0.05, 0.1) is 12.6 Å². The van der Waals surface area contributed by atoms with E-state index in [9.17, 15) is 9.59 Å². The molecule has 10 nitrogen and oxygen atoms in total. The number of rotatable bonds is 12. The average Bonchev–Trinajstić information content (AvgIpc) is 3.77. The maximum absolute atomic E-state index is 12.5. The molecule has 3 aromatic carbocycles. The van der Waals surface area contributed by atoms with Crippen LogP contribution in [0, 0.1) is 0 Å². The van der Waals surface area contributed by atoms with E-state index in [1.807, 2.05) is 30.3 Å². The molecule has 1 unspecified atom stereocenters. The fraction of sp³-hybridized carbons (Fsp3) is 0.361. The summed E-state index contributed by atoms with van der Waals surface area (Å²) in [6.07, 6.45) is 7.20. The third-order valence-corrected chi connectivity index (χ3v) is 8.53. The number of likely N-dealkylation sites (tertiary alicyclic amines) is 1. The summed E-state index contributed by atoms with van der Waals surface area (Å²) in [7, 11) is 1.61. The zero-order chi connectivity index (χ0) is 31.9. The lowest BCUT2D eigenvalue weighted by molar-refractivity contribution is -0.150. The van der Waals surface area contributed by atoms with Crippen LogP contribution >= 0.6 is 0 Å². The minimum absolute atomic E-state index is 0.0321. The number of benzene rings is 3. The molecule has 2 heterocycles. The highest BCUT2D eigenvalue weighted by molar-refractivity contribution is 6.04. The first-order valence-corrected chi connectivity index (χ1v) is 15.9. The van der Waals surface area contributed by atoms with Crippen molar-refractivity contribution in [1.82, 2.24) is 9.88 Å². The predicted molar refractivity (Wildman–Crippen MR) is 176 cm³/mol. The molecule has 1 aromatic heterocycles. The molecule has 1 aliphatic heterocycles. The van der Waals surface area contributed by atoms with Crippen LogP contribution in [0.4, 0.5) is 5.69 Å². The van der Waals surface area contributed by atoms with Gasteiger partial charge in [0.1, 0.15) is 29.7 Å². The Morgan fingerprint density at radius 3 is 2.50 bits per heavy atom. The smallest absolute Gasteiger partial charge is 0.323 e. The van der Waals surface area contributed by atoms with Gasteiger partial charge in [-0.15, -0.1) is 0 Å². The van der Waals surface area contributed by atoms with E-state index in [0.29, 0.717) is 52.7 Å². The van der Waals surface area contributed by atoms with E-state index in [0.717, 1.165) is 50.6 Å². The number of anilines is 1. The fourth-order valence-electron chi connectivity index (χ4n) is 5.97. The first-order valence-electron chi connectivity index (χ1n) is 15.9. The molecule has 2 aliphatic rings. The molecule has 10 heteroatoms. The number of nitrogens with one attached hydrogen (secondary N) is 1. The molecule has 1 aliphatic carbocycles. The Morgan fingerprint density at radius 1 is 0.957 bits per heavy atom. The molecule has 0 radical (unpaired) electrons. The Hall–Kier alpha value is -4.67. The Kier molecular flexibility index (Phi) is 9.95. The molecule has 2 fully saturated rings. The lowest BCUT2D eigenvalue weighted by atomic mass is 10.1. The fourth-order valence-corrected chi connectivity index (χ4v) is 5.97. The highest BCUT2D eigenvalue weighted by atomic mass is 16.5. The second-order valence-corrected chi connectivity index (χ2v) is 11.8. The van der Waals surface area contributed by atoms with Crippen LogP contribution in [0.1, 0.15) is 48.9 Å². The first-order chi connectivity index (χ1) is 22.4. The third-order valence-electron chi connectivity index (χ3n) is 8.53. The van der Waals surface area contributed by atoms with Crippen molar-refractivity contribution >= 4 is 28.5 Å². The summed E-state index contributed by atoms with van der Waals surface area (Å²) in [5, 5.41) is 3.68. The van der Waals surface area contributed by atoms with Crippen LogP contribution in [0.25, 0.3) is 10.9 Å². The van der Waals surface area contributed by atoms with E-state index in [2.05, 4.69) is 15.2 Å². The number of amides is 1. The van der Waals surface area contributed by atoms with Gasteiger partial charge in [-0.2, -0.15) is 0 Å². The molecular weight excluding hydrogens is 584 g/mol. The average molecular weight is 625 g/mol. The number of carbonyl (C=O) groups is 2. The van der Waals surface area contributed by atoms with Gasteiger partial charge in [0.15, 0.2) is 11.5 Å². The van der Waals surface area contributed by atoms with Crippen LogP contribution in [0.2, 0.25) is 0 Å². The molecule has 0 spiro atoms. The summed E-state index contributed by atoms with van der Waals surface area (Å²) >= 11 is 0. The van der Waals surface area contributed by atoms with Gasteiger partial charge in [-0.1, -0.05) is 18.2 Å². The number of nitrogens with two attached hydrogens (primary N) is 1. The van der Waals surface area contributed by atoms with E-state index >= 15 is 0 Å². The highest BCUT2D eigenvalue weighted by Crippen LogP contribution is 2.38. The van der Waals surface area contributed by atoms with Gasteiger partial charge in [0.25, 0.3) is 5.91 Å².